The quantitative estimate of drug-likeness (QED) is 0.363. The maximum Gasteiger partial charge on any atom is 0.347 e. The van der Waals surface area contributed by atoms with Gasteiger partial charge in [-0.1, -0.05) is 6.07 Å². The number of carbonyl (C=O) groups excluding carboxylic acids is 1. The molecule has 158 valence electrons. The number of nitrogens with zero attached hydrogens (tertiary/aromatic N) is 4. The number of benzene rings is 1. The second-order valence-electron chi connectivity index (χ2n) is 7.23. The fraction of sp³-hybridized carbons (Fsp3) is 0.400. The lowest BCUT2D eigenvalue weighted by atomic mass is 10.1. The highest BCUT2D eigenvalue weighted by Gasteiger charge is 2.37. The van der Waals surface area contributed by atoms with Gasteiger partial charge in [0.05, 0.1) is 29.4 Å². The van der Waals surface area contributed by atoms with E-state index in [4.69, 9.17) is 4.74 Å². The van der Waals surface area contributed by atoms with E-state index in [1.165, 1.54) is 18.4 Å². The van der Waals surface area contributed by atoms with Gasteiger partial charge in [-0.25, -0.2) is 9.78 Å². The molecule has 0 amide bonds. The van der Waals surface area contributed by atoms with E-state index >= 15 is 0 Å². The molecule has 0 bridgehead atoms. The van der Waals surface area contributed by atoms with Crippen molar-refractivity contribution in [1.29, 1.82) is 0 Å². The lowest BCUT2D eigenvalue weighted by molar-refractivity contribution is -0.384. The van der Waals surface area contributed by atoms with Gasteiger partial charge < -0.3 is 19.3 Å². The minimum absolute atomic E-state index is 0.0275. The summed E-state index contributed by atoms with van der Waals surface area (Å²) in [6, 6.07) is 5.52. The third-order valence-electron chi connectivity index (χ3n) is 5.49. The molecule has 1 saturated heterocycles. The lowest BCUT2D eigenvalue weighted by Crippen LogP contribution is -2.22. The zero-order valence-corrected chi connectivity index (χ0v) is 17.5. The van der Waals surface area contributed by atoms with Gasteiger partial charge in [-0.3, -0.25) is 10.1 Å². The smallest absolute Gasteiger partial charge is 0.347 e. The number of nitro groups is 1. The number of hydrogen-bond donors (Lipinski definition) is 1. The van der Waals surface area contributed by atoms with Gasteiger partial charge in [0.1, 0.15) is 9.88 Å². The molecule has 0 radical (unpaired) electrons. The van der Waals surface area contributed by atoms with Crippen molar-refractivity contribution >= 4 is 39.0 Å². The van der Waals surface area contributed by atoms with Crippen LogP contribution in [-0.4, -0.2) is 52.4 Å². The van der Waals surface area contributed by atoms with Crippen molar-refractivity contribution in [3.05, 3.63) is 40.2 Å². The Hall–Kier alpha value is -2.98. The Kier molecular flexibility index (Phi) is 5.44. The van der Waals surface area contributed by atoms with E-state index in [0.717, 1.165) is 24.0 Å². The maximum atomic E-state index is 12.6. The number of aliphatic hydroxyl groups excluding tert-OH is 1. The molecule has 2 aromatic heterocycles. The van der Waals surface area contributed by atoms with Crippen LogP contribution in [0.15, 0.2) is 24.5 Å². The van der Waals surface area contributed by atoms with E-state index in [2.05, 4.69) is 4.98 Å². The number of methoxy groups -OCH3 is 1. The maximum absolute atomic E-state index is 12.6. The van der Waals surface area contributed by atoms with Crippen molar-refractivity contribution in [2.45, 2.75) is 19.9 Å². The lowest BCUT2D eigenvalue weighted by Gasteiger charge is -2.17. The van der Waals surface area contributed by atoms with Crippen LogP contribution >= 0.6 is 11.3 Å². The summed E-state index contributed by atoms with van der Waals surface area (Å²) in [7, 11) is 1.22. The molecule has 3 heterocycles. The Balaban J connectivity index is 1.89. The number of fused-ring (bicyclic) bond motifs is 1. The van der Waals surface area contributed by atoms with Crippen molar-refractivity contribution in [3.63, 3.8) is 0 Å². The SMILES string of the molecule is CCn1cnc2cc(-c3sc(N4CC[C@H](CO)C4)c(C(=O)OC)c3[N+](=O)[O-])ccc21. The number of aromatic nitrogens is 2. The first-order chi connectivity index (χ1) is 14.5. The minimum Gasteiger partial charge on any atom is -0.465 e. The van der Waals surface area contributed by atoms with Crippen molar-refractivity contribution in [3.8, 4) is 10.4 Å². The summed E-state index contributed by atoms with van der Waals surface area (Å²) in [6.07, 6.45) is 2.50. The monoisotopic (exact) mass is 430 g/mol. The van der Waals surface area contributed by atoms with Crippen molar-refractivity contribution < 1.29 is 19.6 Å². The van der Waals surface area contributed by atoms with Crippen LogP contribution in [0.1, 0.15) is 23.7 Å². The summed E-state index contributed by atoms with van der Waals surface area (Å²) in [6.45, 7) is 3.99. The molecule has 0 aliphatic carbocycles. The molecule has 10 heteroatoms. The third-order valence-corrected chi connectivity index (χ3v) is 6.78. The summed E-state index contributed by atoms with van der Waals surface area (Å²) >= 11 is 1.21. The molecular formula is C20H22N4O5S. The Bertz CT molecular complexity index is 1120. The number of ether oxygens (including phenoxy) is 1. The van der Waals surface area contributed by atoms with Crippen LogP contribution in [0.4, 0.5) is 10.7 Å². The van der Waals surface area contributed by atoms with E-state index in [0.29, 0.717) is 28.5 Å². The van der Waals surface area contributed by atoms with Crippen LogP contribution in [0.3, 0.4) is 0 Å². The standard InChI is InChI=1S/C20H22N4O5S/c1-3-22-11-21-14-8-13(4-5-15(14)22)18-17(24(27)28)16(20(26)29-2)19(30-18)23-7-6-12(9-23)10-25/h4-5,8,11-12,25H,3,6-7,9-10H2,1-2H3/t12-/m0/s1. The Labute approximate surface area is 176 Å². The normalized spacial score (nSPS) is 16.4. The number of imidazole rings is 1. The first-order valence-electron chi connectivity index (χ1n) is 9.69. The van der Waals surface area contributed by atoms with E-state index in [9.17, 15) is 20.0 Å². The Morgan fingerprint density at radius 1 is 1.47 bits per heavy atom. The van der Waals surface area contributed by atoms with Gasteiger partial charge in [0, 0.05) is 37.7 Å². The molecule has 0 saturated carbocycles. The fourth-order valence-corrected chi connectivity index (χ4v) is 5.20. The van der Waals surface area contributed by atoms with Crippen molar-refractivity contribution in [1.82, 2.24) is 9.55 Å². The van der Waals surface area contributed by atoms with Crippen LogP contribution < -0.4 is 4.90 Å². The molecule has 1 atom stereocenters. The van der Waals surface area contributed by atoms with Crippen LogP contribution in [0.5, 0.6) is 0 Å². The number of aliphatic hydroxyl groups is 1. The number of aryl methyl sites for hydroxylation is 1. The van der Waals surface area contributed by atoms with Gasteiger partial charge >= 0.3 is 11.7 Å². The third kappa shape index (κ3) is 3.31. The van der Waals surface area contributed by atoms with Crippen LogP contribution in [-0.2, 0) is 11.3 Å². The number of rotatable bonds is 6. The van der Waals surface area contributed by atoms with Gasteiger partial charge in [0.15, 0.2) is 5.56 Å². The number of anilines is 1. The second-order valence-corrected chi connectivity index (χ2v) is 8.23. The van der Waals surface area contributed by atoms with Crippen LogP contribution in [0.25, 0.3) is 21.5 Å². The van der Waals surface area contributed by atoms with E-state index < -0.39 is 10.9 Å². The van der Waals surface area contributed by atoms with Gasteiger partial charge in [-0.05, 0) is 25.5 Å². The molecule has 0 spiro atoms. The summed E-state index contributed by atoms with van der Waals surface area (Å²) < 4.78 is 6.88. The predicted molar refractivity (Wildman–Crippen MR) is 114 cm³/mol. The predicted octanol–water partition coefficient (Wildman–Crippen LogP) is 3.30. The molecule has 1 aliphatic rings. The Morgan fingerprint density at radius 3 is 2.90 bits per heavy atom. The first kappa shape index (κ1) is 20.3. The zero-order chi connectivity index (χ0) is 21.4. The largest absolute Gasteiger partial charge is 0.465 e. The highest BCUT2D eigenvalue weighted by Crippen LogP contribution is 2.48. The van der Waals surface area contributed by atoms with E-state index in [1.807, 2.05) is 34.6 Å². The fourth-order valence-electron chi connectivity index (χ4n) is 3.91. The highest BCUT2D eigenvalue weighted by atomic mass is 32.1. The average Bonchev–Trinajstić information content (AvgIpc) is 3.48. The molecule has 1 fully saturated rings. The van der Waals surface area contributed by atoms with E-state index in [1.54, 1.807) is 6.33 Å². The molecule has 1 N–H and O–H groups in total. The van der Waals surface area contributed by atoms with Crippen LogP contribution in [0, 0.1) is 16.0 Å². The number of esters is 1. The molecule has 30 heavy (non-hydrogen) atoms. The minimum atomic E-state index is -0.733. The second kappa shape index (κ2) is 8.04. The topological polar surface area (TPSA) is 111 Å². The summed E-state index contributed by atoms with van der Waals surface area (Å²) in [5.41, 5.74) is 2.04. The van der Waals surface area contributed by atoms with Crippen molar-refractivity contribution in [2.24, 2.45) is 5.92 Å². The van der Waals surface area contributed by atoms with Gasteiger partial charge in [0.25, 0.3) is 0 Å². The molecule has 0 unspecified atom stereocenters. The first-order valence-corrected chi connectivity index (χ1v) is 10.5. The summed E-state index contributed by atoms with van der Waals surface area (Å²) in [4.78, 5) is 30.8. The zero-order valence-electron chi connectivity index (χ0n) is 16.7. The molecule has 1 aliphatic heterocycles. The van der Waals surface area contributed by atoms with E-state index in [-0.39, 0.29) is 23.8 Å². The Morgan fingerprint density at radius 2 is 2.27 bits per heavy atom. The molecule has 3 aromatic rings. The highest BCUT2D eigenvalue weighted by molar-refractivity contribution is 7.20. The van der Waals surface area contributed by atoms with Gasteiger partial charge in [-0.2, -0.15) is 0 Å². The average molecular weight is 430 g/mol. The van der Waals surface area contributed by atoms with Gasteiger partial charge in [0.2, 0.25) is 0 Å². The van der Waals surface area contributed by atoms with Crippen LogP contribution in [0.2, 0.25) is 0 Å². The molecular weight excluding hydrogens is 408 g/mol. The molecule has 9 nitrogen and oxygen atoms in total. The molecule has 1 aromatic carbocycles. The number of hydrogen-bond acceptors (Lipinski definition) is 8. The van der Waals surface area contributed by atoms with Crippen molar-refractivity contribution in [2.75, 3.05) is 31.7 Å². The van der Waals surface area contributed by atoms with Gasteiger partial charge in [-0.15, -0.1) is 11.3 Å². The summed E-state index contributed by atoms with van der Waals surface area (Å²) in [5.74, 6) is -0.655. The number of carbonyl (C=O) groups is 1. The number of thiophene rings is 1. The molecule has 4 rings (SSSR count). The summed E-state index contributed by atoms with van der Waals surface area (Å²) in [5, 5.41) is 22.0.